The van der Waals surface area contributed by atoms with Crippen LogP contribution < -0.4 is 5.32 Å². The maximum Gasteiger partial charge on any atom is 0.156 e. The van der Waals surface area contributed by atoms with Crippen molar-refractivity contribution in [3.05, 3.63) is 30.0 Å². The summed E-state index contributed by atoms with van der Waals surface area (Å²) in [4.78, 5) is 8.63. The van der Waals surface area contributed by atoms with E-state index in [2.05, 4.69) is 25.6 Å². The van der Waals surface area contributed by atoms with Crippen LogP contribution in [0.25, 0.3) is 0 Å². The van der Waals surface area contributed by atoms with E-state index >= 15 is 0 Å². The number of methoxy groups -OCH3 is 1. The van der Waals surface area contributed by atoms with Gasteiger partial charge in [0.05, 0.1) is 12.7 Å². The monoisotopic (exact) mass is 248 g/mol. The normalized spacial score (nSPS) is 10.6. The van der Waals surface area contributed by atoms with E-state index in [-0.39, 0.29) is 0 Å². The Morgan fingerprint density at radius 2 is 2.28 bits per heavy atom. The van der Waals surface area contributed by atoms with Crippen molar-refractivity contribution in [3.8, 4) is 0 Å². The molecule has 0 fully saturated rings. The largest absolute Gasteiger partial charge is 0.377 e. The number of hydrogen-bond acceptors (Lipinski definition) is 6. The Bertz CT molecular complexity index is 484. The van der Waals surface area contributed by atoms with Gasteiger partial charge in [0.25, 0.3) is 0 Å². The average Bonchev–Trinajstić information content (AvgIpc) is 2.82. The van der Waals surface area contributed by atoms with Gasteiger partial charge in [-0.3, -0.25) is 4.68 Å². The number of ether oxygens (including phenoxy) is 1. The number of aryl methyl sites for hydroxylation is 1. The number of rotatable bonds is 6. The Kier molecular flexibility index (Phi) is 4.19. The van der Waals surface area contributed by atoms with Crippen molar-refractivity contribution in [2.75, 3.05) is 19.0 Å². The van der Waals surface area contributed by atoms with Crippen LogP contribution in [0.3, 0.4) is 0 Å². The van der Waals surface area contributed by atoms with E-state index in [4.69, 9.17) is 4.74 Å². The van der Waals surface area contributed by atoms with E-state index in [1.807, 2.05) is 19.2 Å². The summed E-state index contributed by atoms with van der Waals surface area (Å²) in [6.45, 7) is 3.82. The average molecular weight is 248 g/mol. The number of nitrogens with zero attached hydrogens (tertiary/aromatic N) is 5. The third-order valence-corrected chi connectivity index (χ3v) is 2.29. The minimum absolute atomic E-state index is 0.416. The highest BCUT2D eigenvalue weighted by Gasteiger charge is 2.01. The zero-order chi connectivity index (χ0) is 12.8. The van der Waals surface area contributed by atoms with Crippen LogP contribution in [-0.2, 0) is 17.9 Å². The van der Waals surface area contributed by atoms with Crippen LogP contribution in [0, 0.1) is 6.92 Å². The van der Waals surface area contributed by atoms with Crippen LogP contribution in [0.5, 0.6) is 0 Å². The standard InChI is InChI=1S/C11H16N6O/c1-9-7-10(15-11(14-9)8-18-2)12-3-5-17-6-4-13-16-17/h4,6-7H,3,5,8H2,1-2H3,(H,12,14,15). The van der Waals surface area contributed by atoms with E-state index in [9.17, 15) is 0 Å². The molecule has 96 valence electrons. The molecule has 2 aromatic heterocycles. The van der Waals surface area contributed by atoms with Gasteiger partial charge in [-0.2, -0.15) is 0 Å². The fourth-order valence-corrected chi connectivity index (χ4v) is 1.56. The summed E-state index contributed by atoms with van der Waals surface area (Å²) < 4.78 is 6.79. The second-order valence-corrected chi connectivity index (χ2v) is 3.84. The van der Waals surface area contributed by atoms with Gasteiger partial charge in [-0.1, -0.05) is 5.21 Å². The van der Waals surface area contributed by atoms with E-state index in [1.54, 1.807) is 18.0 Å². The Balaban J connectivity index is 1.92. The summed E-state index contributed by atoms with van der Waals surface area (Å²) in [7, 11) is 1.63. The van der Waals surface area contributed by atoms with Crippen molar-refractivity contribution < 1.29 is 4.74 Å². The predicted octanol–water partition coefficient (Wildman–Crippen LogP) is 0.635. The summed E-state index contributed by atoms with van der Waals surface area (Å²) in [6, 6.07) is 1.90. The third-order valence-electron chi connectivity index (χ3n) is 2.29. The molecule has 0 radical (unpaired) electrons. The molecule has 0 atom stereocenters. The summed E-state index contributed by atoms with van der Waals surface area (Å²) in [5.41, 5.74) is 0.917. The minimum Gasteiger partial charge on any atom is -0.377 e. The van der Waals surface area contributed by atoms with Crippen LogP contribution in [-0.4, -0.2) is 38.6 Å². The van der Waals surface area contributed by atoms with Gasteiger partial charge in [-0.15, -0.1) is 5.10 Å². The fraction of sp³-hybridized carbons (Fsp3) is 0.455. The quantitative estimate of drug-likeness (QED) is 0.808. The zero-order valence-electron chi connectivity index (χ0n) is 10.5. The van der Waals surface area contributed by atoms with E-state index in [0.29, 0.717) is 12.4 Å². The predicted molar refractivity (Wildman–Crippen MR) is 66.0 cm³/mol. The number of anilines is 1. The summed E-state index contributed by atoms with van der Waals surface area (Å²) in [6.07, 6.45) is 3.48. The molecule has 0 unspecified atom stereocenters. The van der Waals surface area contributed by atoms with Crippen LogP contribution in [0.4, 0.5) is 5.82 Å². The first-order valence-corrected chi connectivity index (χ1v) is 5.69. The summed E-state index contributed by atoms with van der Waals surface area (Å²) >= 11 is 0. The van der Waals surface area contributed by atoms with Crippen LogP contribution in [0.1, 0.15) is 11.5 Å². The van der Waals surface area contributed by atoms with Crippen LogP contribution >= 0.6 is 0 Å². The lowest BCUT2D eigenvalue weighted by Gasteiger charge is -2.08. The van der Waals surface area contributed by atoms with E-state index in [1.165, 1.54) is 0 Å². The molecule has 2 aromatic rings. The molecule has 0 aliphatic rings. The van der Waals surface area contributed by atoms with Crippen LogP contribution in [0.2, 0.25) is 0 Å². The van der Waals surface area contributed by atoms with Gasteiger partial charge in [0.15, 0.2) is 5.82 Å². The smallest absolute Gasteiger partial charge is 0.156 e. The van der Waals surface area contributed by atoms with Gasteiger partial charge < -0.3 is 10.1 Å². The van der Waals surface area contributed by atoms with Gasteiger partial charge in [0.2, 0.25) is 0 Å². The number of hydrogen-bond donors (Lipinski definition) is 1. The Morgan fingerprint density at radius 3 is 3.00 bits per heavy atom. The highest BCUT2D eigenvalue weighted by Crippen LogP contribution is 2.06. The van der Waals surface area contributed by atoms with Crippen molar-refractivity contribution in [3.63, 3.8) is 0 Å². The molecule has 0 aliphatic heterocycles. The summed E-state index contributed by atoms with van der Waals surface area (Å²) in [5.74, 6) is 1.48. The first-order chi connectivity index (χ1) is 8.78. The molecule has 0 aromatic carbocycles. The van der Waals surface area contributed by atoms with Gasteiger partial charge >= 0.3 is 0 Å². The van der Waals surface area contributed by atoms with Gasteiger partial charge in [0, 0.05) is 31.6 Å². The molecule has 0 bridgehead atoms. The van der Waals surface area contributed by atoms with Crippen molar-refractivity contribution in [1.82, 2.24) is 25.0 Å². The number of aromatic nitrogens is 5. The lowest BCUT2D eigenvalue weighted by molar-refractivity contribution is 0.177. The first-order valence-electron chi connectivity index (χ1n) is 5.69. The molecule has 0 aliphatic carbocycles. The van der Waals surface area contributed by atoms with Crippen molar-refractivity contribution in [1.29, 1.82) is 0 Å². The zero-order valence-corrected chi connectivity index (χ0v) is 10.5. The fourth-order valence-electron chi connectivity index (χ4n) is 1.56. The molecule has 2 heterocycles. The highest BCUT2D eigenvalue weighted by atomic mass is 16.5. The molecule has 2 rings (SSSR count). The van der Waals surface area contributed by atoms with Crippen molar-refractivity contribution in [2.45, 2.75) is 20.1 Å². The second kappa shape index (κ2) is 6.06. The van der Waals surface area contributed by atoms with Gasteiger partial charge in [0.1, 0.15) is 12.4 Å². The Hall–Kier alpha value is -2.02. The lowest BCUT2D eigenvalue weighted by atomic mass is 10.4. The minimum atomic E-state index is 0.416. The van der Waals surface area contributed by atoms with Crippen LogP contribution in [0.15, 0.2) is 18.5 Å². The molecule has 18 heavy (non-hydrogen) atoms. The molecule has 0 saturated carbocycles. The number of nitrogens with one attached hydrogen (secondary N) is 1. The van der Waals surface area contributed by atoms with E-state index in [0.717, 1.165) is 24.6 Å². The topological polar surface area (TPSA) is 77.8 Å². The highest BCUT2D eigenvalue weighted by molar-refractivity contribution is 5.35. The maximum atomic E-state index is 5.03. The summed E-state index contributed by atoms with van der Waals surface area (Å²) in [5, 5.41) is 10.9. The molecule has 7 heteroatoms. The van der Waals surface area contributed by atoms with Crippen molar-refractivity contribution >= 4 is 5.82 Å². The molecule has 0 amide bonds. The maximum absolute atomic E-state index is 5.03. The third kappa shape index (κ3) is 3.49. The molecule has 7 nitrogen and oxygen atoms in total. The SMILES string of the molecule is COCc1nc(C)cc(NCCn2ccnn2)n1. The lowest BCUT2D eigenvalue weighted by Crippen LogP contribution is -2.13. The van der Waals surface area contributed by atoms with Crippen molar-refractivity contribution in [2.24, 2.45) is 0 Å². The Labute approximate surface area is 105 Å². The van der Waals surface area contributed by atoms with E-state index < -0.39 is 0 Å². The van der Waals surface area contributed by atoms with Gasteiger partial charge in [-0.05, 0) is 6.92 Å². The molecule has 1 N–H and O–H groups in total. The second-order valence-electron chi connectivity index (χ2n) is 3.84. The Morgan fingerprint density at radius 1 is 1.39 bits per heavy atom. The molecule has 0 spiro atoms. The molecular weight excluding hydrogens is 232 g/mol. The molecule has 0 saturated heterocycles. The molecular formula is C11H16N6O. The first kappa shape index (κ1) is 12.4. The van der Waals surface area contributed by atoms with Gasteiger partial charge in [-0.25, -0.2) is 9.97 Å².